The zero-order valence-corrected chi connectivity index (χ0v) is 15.2. The number of rotatable bonds is 9. The van der Waals surface area contributed by atoms with Crippen molar-refractivity contribution >= 4 is 17.7 Å². The Bertz CT molecular complexity index is 820. The molecule has 4 N–H and O–H groups in total. The van der Waals surface area contributed by atoms with Crippen LogP contribution in [0.5, 0.6) is 5.75 Å². The Morgan fingerprint density at radius 3 is 2.52 bits per heavy atom. The van der Waals surface area contributed by atoms with Crippen LogP contribution in [0.2, 0.25) is 0 Å². The molecular weight excluding hydrogens is 346 g/mol. The molecule has 0 radical (unpaired) electrons. The number of nitrogens with two attached hydrogens (primary N) is 1. The van der Waals surface area contributed by atoms with E-state index in [4.69, 9.17) is 20.6 Å². The van der Waals surface area contributed by atoms with E-state index >= 15 is 0 Å². The summed E-state index contributed by atoms with van der Waals surface area (Å²) in [6, 6.07) is 13.4. The van der Waals surface area contributed by atoms with Gasteiger partial charge in [-0.3, -0.25) is 10.2 Å². The van der Waals surface area contributed by atoms with Gasteiger partial charge in [0.1, 0.15) is 11.6 Å². The molecule has 0 aliphatic heterocycles. The van der Waals surface area contributed by atoms with Crippen LogP contribution in [-0.2, 0) is 4.74 Å². The normalized spacial score (nSPS) is 10.1. The molecule has 0 saturated heterocycles. The molecule has 0 fully saturated rings. The molecule has 0 aliphatic carbocycles. The van der Waals surface area contributed by atoms with Crippen LogP contribution in [0.15, 0.2) is 48.5 Å². The average Bonchev–Trinajstić information content (AvgIpc) is 2.68. The first-order valence-electron chi connectivity index (χ1n) is 8.64. The molecule has 0 bridgehead atoms. The SMILES string of the molecule is CCOC(=O)c1cccc(C(=O)NCCCOc2cccc(C(=N)N)c2)c1. The van der Waals surface area contributed by atoms with Crippen LogP contribution < -0.4 is 15.8 Å². The first kappa shape index (κ1) is 20.0. The summed E-state index contributed by atoms with van der Waals surface area (Å²) < 4.78 is 10.5. The number of ether oxygens (including phenoxy) is 2. The number of benzene rings is 2. The van der Waals surface area contributed by atoms with Crippen molar-refractivity contribution in [3.8, 4) is 5.75 Å². The van der Waals surface area contributed by atoms with Gasteiger partial charge in [0, 0.05) is 17.7 Å². The van der Waals surface area contributed by atoms with E-state index in [-0.39, 0.29) is 18.3 Å². The van der Waals surface area contributed by atoms with Gasteiger partial charge in [0.25, 0.3) is 5.91 Å². The maximum atomic E-state index is 12.2. The van der Waals surface area contributed by atoms with Gasteiger partial charge >= 0.3 is 5.97 Å². The fourth-order valence-electron chi connectivity index (χ4n) is 2.32. The van der Waals surface area contributed by atoms with Gasteiger partial charge < -0.3 is 20.5 Å². The second-order valence-electron chi connectivity index (χ2n) is 5.70. The van der Waals surface area contributed by atoms with Crippen molar-refractivity contribution in [3.05, 3.63) is 65.2 Å². The Kier molecular flexibility index (Phi) is 7.37. The van der Waals surface area contributed by atoms with Gasteiger partial charge in [-0.15, -0.1) is 0 Å². The van der Waals surface area contributed by atoms with E-state index in [1.54, 1.807) is 49.4 Å². The molecule has 0 heterocycles. The van der Waals surface area contributed by atoms with Crippen molar-refractivity contribution in [2.24, 2.45) is 5.73 Å². The quantitative estimate of drug-likeness (QED) is 0.272. The summed E-state index contributed by atoms with van der Waals surface area (Å²) in [5, 5.41) is 10.2. The molecule has 0 unspecified atom stereocenters. The van der Waals surface area contributed by atoms with E-state index in [1.165, 1.54) is 6.07 Å². The van der Waals surface area contributed by atoms with Crippen molar-refractivity contribution in [3.63, 3.8) is 0 Å². The van der Waals surface area contributed by atoms with Crippen LogP contribution in [0.3, 0.4) is 0 Å². The molecule has 2 aromatic rings. The van der Waals surface area contributed by atoms with E-state index in [9.17, 15) is 9.59 Å². The van der Waals surface area contributed by atoms with Crippen LogP contribution in [0, 0.1) is 5.41 Å². The van der Waals surface area contributed by atoms with Crippen LogP contribution >= 0.6 is 0 Å². The lowest BCUT2D eigenvalue weighted by Crippen LogP contribution is -2.25. The van der Waals surface area contributed by atoms with E-state index in [2.05, 4.69) is 5.32 Å². The first-order chi connectivity index (χ1) is 13.0. The number of hydrogen-bond donors (Lipinski definition) is 3. The number of carbonyl (C=O) groups excluding carboxylic acids is 2. The van der Waals surface area contributed by atoms with E-state index in [0.717, 1.165) is 0 Å². The molecule has 0 aromatic heterocycles. The van der Waals surface area contributed by atoms with E-state index < -0.39 is 5.97 Å². The highest BCUT2D eigenvalue weighted by Crippen LogP contribution is 2.13. The predicted octanol–water partition coefficient (Wildman–Crippen LogP) is 2.35. The Labute approximate surface area is 158 Å². The molecule has 142 valence electrons. The number of nitrogens with one attached hydrogen (secondary N) is 2. The monoisotopic (exact) mass is 369 g/mol. The number of amides is 1. The zero-order valence-electron chi connectivity index (χ0n) is 15.2. The fraction of sp³-hybridized carbons (Fsp3) is 0.250. The lowest BCUT2D eigenvalue weighted by atomic mass is 10.1. The first-order valence-corrected chi connectivity index (χ1v) is 8.64. The highest BCUT2D eigenvalue weighted by atomic mass is 16.5. The third-order valence-electron chi connectivity index (χ3n) is 3.66. The van der Waals surface area contributed by atoms with Gasteiger partial charge in [0.05, 0.1) is 18.8 Å². The van der Waals surface area contributed by atoms with Gasteiger partial charge in [-0.2, -0.15) is 0 Å². The predicted molar refractivity (Wildman–Crippen MR) is 102 cm³/mol. The van der Waals surface area contributed by atoms with Gasteiger partial charge in [0.15, 0.2) is 0 Å². The van der Waals surface area contributed by atoms with Crippen molar-refractivity contribution in [2.75, 3.05) is 19.8 Å². The summed E-state index contributed by atoms with van der Waals surface area (Å²) in [7, 11) is 0. The largest absolute Gasteiger partial charge is 0.494 e. The summed E-state index contributed by atoms with van der Waals surface area (Å²) in [4.78, 5) is 23.9. The van der Waals surface area contributed by atoms with E-state index in [1.807, 2.05) is 0 Å². The number of amidine groups is 1. The van der Waals surface area contributed by atoms with Crippen molar-refractivity contribution in [1.29, 1.82) is 5.41 Å². The average molecular weight is 369 g/mol. The number of esters is 1. The molecule has 7 nitrogen and oxygen atoms in total. The highest BCUT2D eigenvalue weighted by molar-refractivity contribution is 5.98. The summed E-state index contributed by atoms with van der Waals surface area (Å²) >= 11 is 0. The van der Waals surface area contributed by atoms with Crippen LogP contribution in [0.4, 0.5) is 0 Å². The summed E-state index contributed by atoms with van der Waals surface area (Å²) in [5.74, 6) is -0.109. The second-order valence-corrected chi connectivity index (χ2v) is 5.70. The number of nitrogen functional groups attached to an aromatic ring is 1. The Morgan fingerprint density at radius 2 is 1.78 bits per heavy atom. The molecule has 2 aromatic carbocycles. The lowest BCUT2D eigenvalue weighted by molar-refractivity contribution is 0.0526. The van der Waals surface area contributed by atoms with Crippen molar-refractivity contribution in [1.82, 2.24) is 5.32 Å². The minimum Gasteiger partial charge on any atom is -0.494 e. The van der Waals surface area contributed by atoms with Gasteiger partial charge in [-0.05, 0) is 43.7 Å². The standard InChI is InChI=1S/C20H23N3O4/c1-2-26-20(25)16-8-3-7-15(12-16)19(24)23-10-5-11-27-17-9-4-6-14(13-17)18(21)22/h3-4,6-9,12-13H,2,5,10-11H2,1H3,(H3,21,22)(H,23,24). The Balaban J connectivity index is 1.78. The zero-order chi connectivity index (χ0) is 19.6. The third-order valence-corrected chi connectivity index (χ3v) is 3.66. The summed E-state index contributed by atoms with van der Waals surface area (Å²) in [6.07, 6.45) is 0.605. The van der Waals surface area contributed by atoms with Gasteiger partial charge in [0.2, 0.25) is 0 Å². The molecule has 7 heteroatoms. The Morgan fingerprint density at radius 1 is 1.07 bits per heavy atom. The van der Waals surface area contributed by atoms with Crippen molar-refractivity contribution < 1.29 is 19.1 Å². The maximum Gasteiger partial charge on any atom is 0.338 e. The molecule has 0 atom stereocenters. The lowest BCUT2D eigenvalue weighted by Gasteiger charge is -2.09. The van der Waals surface area contributed by atoms with Gasteiger partial charge in [-0.25, -0.2) is 4.79 Å². The summed E-state index contributed by atoms with van der Waals surface area (Å²) in [5.41, 5.74) is 6.79. The van der Waals surface area contributed by atoms with E-state index in [0.29, 0.717) is 42.0 Å². The molecule has 0 spiro atoms. The number of carbonyl (C=O) groups is 2. The molecule has 1 amide bonds. The molecule has 0 aliphatic rings. The minimum absolute atomic E-state index is 0.0160. The molecule has 2 rings (SSSR count). The third kappa shape index (κ3) is 6.14. The van der Waals surface area contributed by atoms with Crippen LogP contribution in [-0.4, -0.2) is 37.5 Å². The highest BCUT2D eigenvalue weighted by Gasteiger charge is 2.10. The molecular formula is C20H23N3O4. The fourth-order valence-corrected chi connectivity index (χ4v) is 2.32. The van der Waals surface area contributed by atoms with Gasteiger partial charge in [-0.1, -0.05) is 18.2 Å². The van der Waals surface area contributed by atoms with Crippen molar-refractivity contribution in [2.45, 2.75) is 13.3 Å². The number of hydrogen-bond acceptors (Lipinski definition) is 5. The second kappa shape index (κ2) is 9.96. The minimum atomic E-state index is -0.451. The maximum absolute atomic E-state index is 12.2. The topological polar surface area (TPSA) is 115 Å². The van der Waals surface area contributed by atoms with Crippen LogP contribution in [0.25, 0.3) is 0 Å². The smallest absolute Gasteiger partial charge is 0.338 e. The van der Waals surface area contributed by atoms with Crippen LogP contribution in [0.1, 0.15) is 39.6 Å². The molecule has 27 heavy (non-hydrogen) atoms. The Hall–Kier alpha value is -3.35. The molecule has 0 saturated carbocycles. The summed E-state index contributed by atoms with van der Waals surface area (Å²) in [6.45, 7) is 2.84.